The van der Waals surface area contributed by atoms with Crippen molar-refractivity contribution in [2.75, 3.05) is 9.80 Å². The molecule has 0 bridgehead atoms. The van der Waals surface area contributed by atoms with E-state index in [1.165, 1.54) is 156 Å². The second-order valence-electron chi connectivity index (χ2n) is 27.4. The van der Waals surface area contributed by atoms with Gasteiger partial charge in [-0.05, 0) is 216 Å². The molecule has 13 rings (SSSR count). The van der Waals surface area contributed by atoms with E-state index in [0.29, 0.717) is 0 Å². The highest BCUT2D eigenvalue weighted by Crippen LogP contribution is 2.55. The van der Waals surface area contributed by atoms with Crippen LogP contribution in [0.5, 0.6) is 0 Å². The lowest BCUT2D eigenvalue weighted by Crippen LogP contribution is -2.61. The number of thiophene rings is 1. The summed E-state index contributed by atoms with van der Waals surface area (Å²) in [6.07, 6.45) is 9.50. The molecule has 0 N–H and O–H groups in total. The Labute approximate surface area is 424 Å². The van der Waals surface area contributed by atoms with Gasteiger partial charge in [-0.1, -0.05) is 133 Å². The first-order valence-electron chi connectivity index (χ1n) is 26.9. The van der Waals surface area contributed by atoms with Gasteiger partial charge in [-0.3, -0.25) is 0 Å². The molecule has 70 heavy (non-hydrogen) atoms. The maximum absolute atomic E-state index is 2.78. The van der Waals surface area contributed by atoms with Crippen LogP contribution in [0.25, 0.3) is 21.2 Å². The monoisotopic (exact) mass is 937 g/mol. The zero-order valence-electron chi connectivity index (χ0n) is 44.7. The van der Waals surface area contributed by atoms with Gasteiger partial charge in [0.25, 0.3) is 6.71 Å². The van der Waals surface area contributed by atoms with Crippen molar-refractivity contribution in [3.63, 3.8) is 0 Å². The van der Waals surface area contributed by atoms with Crippen molar-refractivity contribution in [1.82, 2.24) is 0 Å². The molecule has 0 radical (unpaired) electrons. The molecule has 1 aromatic heterocycles. The van der Waals surface area contributed by atoms with E-state index in [1.54, 1.807) is 22.3 Å². The summed E-state index contributed by atoms with van der Waals surface area (Å²) in [6.45, 7) is 34.2. The third-order valence-electron chi connectivity index (χ3n) is 18.9. The first kappa shape index (κ1) is 44.9. The van der Waals surface area contributed by atoms with Crippen molar-refractivity contribution in [3.05, 3.63) is 147 Å². The van der Waals surface area contributed by atoms with Gasteiger partial charge in [0, 0.05) is 43.3 Å². The van der Waals surface area contributed by atoms with E-state index in [0.717, 1.165) is 0 Å². The summed E-state index contributed by atoms with van der Waals surface area (Å²) in [5.74, 6) is 0. The van der Waals surface area contributed by atoms with Crippen LogP contribution in [-0.4, -0.2) is 6.71 Å². The minimum absolute atomic E-state index is 0.0141. The van der Waals surface area contributed by atoms with Gasteiger partial charge in [-0.25, -0.2) is 0 Å². The van der Waals surface area contributed by atoms with E-state index in [2.05, 4.69) is 198 Å². The third kappa shape index (κ3) is 6.36. The lowest BCUT2D eigenvalue weighted by molar-refractivity contribution is 0.332. The van der Waals surface area contributed by atoms with Gasteiger partial charge in [0.05, 0.1) is 5.69 Å². The van der Waals surface area contributed by atoms with E-state index >= 15 is 0 Å². The maximum Gasteiger partial charge on any atom is 0.264 e. The van der Waals surface area contributed by atoms with Gasteiger partial charge < -0.3 is 9.80 Å². The average Bonchev–Trinajstić information content (AvgIpc) is 3.65. The van der Waals surface area contributed by atoms with E-state index in [9.17, 15) is 0 Å². The molecule has 0 fully saturated rings. The van der Waals surface area contributed by atoms with Crippen molar-refractivity contribution >= 4 is 78.0 Å². The topological polar surface area (TPSA) is 6.48 Å². The molecule has 0 atom stereocenters. The van der Waals surface area contributed by atoms with Crippen LogP contribution in [0, 0.1) is 0 Å². The summed E-state index contributed by atoms with van der Waals surface area (Å²) in [5, 5.41) is 1.38. The smallest absolute Gasteiger partial charge is 0.264 e. The zero-order chi connectivity index (χ0) is 49.0. The molecule has 2 aliphatic heterocycles. The van der Waals surface area contributed by atoms with Gasteiger partial charge in [0.2, 0.25) is 0 Å². The largest absolute Gasteiger partial charge is 0.311 e. The summed E-state index contributed by atoms with van der Waals surface area (Å²) in [4.78, 5) is 5.52. The fourth-order valence-electron chi connectivity index (χ4n) is 13.9. The van der Waals surface area contributed by atoms with Crippen LogP contribution in [0.4, 0.5) is 34.1 Å². The van der Waals surface area contributed by atoms with E-state index in [4.69, 9.17) is 0 Å². The SMILES string of the molecule is CC(C)(C)c1ccc(N2c3cc(-c4c5c(cc6c4CC6)CC5)cc4c3B(c3cc5c(cc3N4c3ccc4c(c3)C(C)(C)CCC4(C)C)C(C)(C)CCC5(C)C)c3sc4ccc(C(C)(C)C)cc4c32)cc1. The molecule has 0 saturated heterocycles. The lowest BCUT2D eigenvalue weighted by atomic mass is 9.35. The molecule has 356 valence electrons. The Kier molecular flexibility index (Phi) is 9.19. The molecule has 6 aromatic carbocycles. The predicted octanol–water partition coefficient (Wildman–Crippen LogP) is 16.1. The Morgan fingerprint density at radius 3 is 1.59 bits per heavy atom. The summed E-state index contributed by atoms with van der Waals surface area (Å²) < 4.78 is 2.84. The van der Waals surface area contributed by atoms with Crippen LogP contribution < -0.4 is 25.5 Å². The molecule has 4 aliphatic carbocycles. The molecule has 0 unspecified atom stereocenters. The molecule has 3 heterocycles. The molecule has 6 aliphatic rings. The Morgan fingerprint density at radius 2 is 1.01 bits per heavy atom. The first-order valence-corrected chi connectivity index (χ1v) is 27.7. The molecular formula is C66H73BN2S. The van der Waals surface area contributed by atoms with Crippen LogP contribution >= 0.6 is 11.3 Å². The molecule has 2 nitrogen and oxygen atoms in total. The van der Waals surface area contributed by atoms with Crippen molar-refractivity contribution in [1.29, 1.82) is 0 Å². The van der Waals surface area contributed by atoms with Gasteiger partial charge in [-0.15, -0.1) is 11.3 Å². The third-order valence-corrected chi connectivity index (χ3v) is 20.1. The Hall–Kier alpha value is -5.06. The number of anilines is 6. The molecule has 7 aromatic rings. The number of hydrogen-bond acceptors (Lipinski definition) is 3. The Bertz CT molecular complexity index is 3380. The van der Waals surface area contributed by atoms with Gasteiger partial charge >= 0.3 is 0 Å². The van der Waals surface area contributed by atoms with Gasteiger partial charge in [0.15, 0.2) is 0 Å². The van der Waals surface area contributed by atoms with Crippen LogP contribution in [0.3, 0.4) is 0 Å². The number of benzene rings is 6. The van der Waals surface area contributed by atoms with E-state index < -0.39 is 0 Å². The number of aryl methyl sites for hydroxylation is 2. The number of fused-ring (bicyclic) bond motifs is 10. The molecule has 0 saturated carbocycles. The standard InChI is InChI=1S/C66H73BN2S/c1-61(2,3)41-17-20-43(21-18-41)69-55-33-40(57-45-23-15-38(45)31-39-16-24-46(39)57)32-54-58(55)67(60-59(69)47-34-42(62(4,5)6)19-26-56(47)70-60)52-36-50-51(66(13,14)30-29-65(50,11)12)37-53(52)68(54)44-22-25-48-49(35-44)64(9,10)28-27-63(48,7)8/h17-22,25-26,31-37H,15-16,23-24,27-30H2,1-14H3. The fourth-order valence-corrected chi connectivity index (χ4v) is 15.2. The van der Waals surface area contributed by atoms with Crippen molar-refractivity contribution in [2.45, 2.75) is 181 Å². The van der Waals surface area contributed by atoms with Crippen molar-refractivity contribution < 1.29 is 0 Å². The van der Waals surface area contributed by atoms with Crippen LogP contribution in [0.2, 0.25) is 0 Å². The second kappa shape index (κ2) is 14.3. The quantitative estimate of drug-likeness (QED) is 0.163. The first-order chi connectivity index (χ1) is 32.9. The van der Waals surface area contributed by atoms with E-state index in [1.807, 2.05) is 11.3 Å². The maximum atomic E-state index is 2.78. The zero-order valence-corrected chi connectivity index (χ0v) is 45.5. The highest BCUT2D eigenvalue weighted by Gasteiger charge is 2.49. The number of rotatable bonds is 3. The van der Waals surface area contributed by atoms with Crippen molar-refractivity contribution in [3.8, 4) is 11.1 Å². The van der Waals surface area contributed by atoms with Gasteiger partial charge in [0.1, 0.15) is 0 Å². The summed E-state index contributed by atoms with van der Waals surface area (Å²) >= 11 is 2.05. The Balaban J connectivity index is 1.19. The molecular weight excluding hydrogens is 864 g/mol. The normalized spacial score (nSPS) is 19.5. The molecule has 0 spiro atoms. The average molecular weight is 937 g/mol. The summed E-state index contributed by atoms with van der Waals surface area (Å²) in [5.41, 5.74) is 29.4. The van der Waals surface area contributed by atoms with Crippen LogP contribution in [-0.2, 0) is 58.2 Å². The highest BCUT2D eigenvalue weighted by atomic mass is 32.1. The van der Waals surface area contributed by atoms with Crippen LogP contribution in [0.1, 0.15) is 178 Å². The van der Waals surface area contributed by atoms with Gasteiger partial charge in [-0.2, -0.15) is 0 Å². The second-order valence-corrected chi connectivity index (χ2v) is 28.4. The number of nitrogens with zero attached hydrogens (tertiary/aromatic N) is 2. The summed E-state index contributed by atoms with van der Waals surface area (Å²) in [7, 11) is 0. The number of hydrogen-bond donors (Lipinski definition) is 0. The lowest BCUT2D eigenvalue weighted by Gasteiger charge is -2.47. The fraction of sp³-hybridized carbons (Fsp3) is 0.424. The van der Waals surface area contributed by atoms with Crippen LogP contribution in [0.15, 0.2) is 91.0 Å². The summed E-state index contributed by atoms with van der Waals surface area (Å²) in [6, 6.07) is 38.1. The van der Waals surface area contributed by atoms with Crippen molar-refractivity contribution in [2.24, 2.45) is 0 Å². The molecule has 0 amide bonds. The van der Waals surface area contributed by atoms with E-state index in [-0.39, 0.29) is 39.2 Å². The minimum atomic E-state index is 0.0141. The highest BCUT2D eigenvalue weighted by molar-refractivity contribution is 7.33. The minimum Gasteiger partial charge on any atom is -0.311 e. The molecule has 4 heteroatoms. The Morgan fingerprint density at radius 1 is 0.486 bits per heavy atom. The predicted molar refractivity (Wildman–Crippen MR) is 304 cm³/mol.